The largest absolute Gasteiger partial charge is 1.00 e. The van der Waals surface area contributed by atoms with Crippen molar-refractivity contribution in [2.75, 3.05) is 0 Å². The molecule has 0 amide bonds. The second-order valence-electron chi connectivity index (χ2n) is 0.0816. The first-order chi connectivity index (χ1) is 1.41. The summed E-state index contributed by atoms with van der Waals surface area (Å²) in [6.45, 7) is 0. The summed E-state index contributed by atoms with van der Waals surface area (Å²) in [6, 6.07) is 0. The molecule has 0 aromatic carbocycles. The van der Waals surface area contributed by atoms with E-state index in [4.69, 9.17) is 10.1 Å². The predicted octanol–water partition coefficient (Wildman–Crippen LogP) is -3.57. The molecule has 0 rings (SSSR count). The molecule has 4 nitrogen and oxygen atoms in total. The number of hydrogen-bond acceptors (Lipinski definition) is 2. The molecular weight excluding hydrogens is 68.9 g/mol. The van der Waals surface area contributed by atoms with Crippen LogP contribution in [0.1, 0.15) is 1.43 Å². The molecule has 0 saturated heterocycles. The van der Waals surface area contributed by atoms with Gasteiger partial charge in [0, 0.05) is 0 Å². The standard InChI is InChI=1S/Li.HNO2.H2O.H/c;2-1-3;;/h;(H,2,3);1H2;/q+1;;;-1. The fraction of sp³-hybridized carbons (Fsp3) is 0. The molecule has 0 aliphatic rings. The first-order valence-electron chi connectivity index (χ1n) is 0.383. The minimum absolute atomic E-state index is 0. The van der Waals surface area contributed by atoms with Crippen LogP contribution in [0.4, 0.5) is 0 Å². The molecule has 0 spiro atoms. The van der Waals surface area contributed by atoms with Crippen LogP contribution in [0.3, 0.4) is 0 Å². The van der Waals surface area contributed by atoms with Crippen molar-refractivity contribution in [1.82, 2.24) is 0 Å². The van der Waals surface area contributed by atoms with E-state index in [0.29, 0.717) is 0 Å². The van der Waals surface area contributed by atoms with E-state index in [9.17, 15) is 0 Å². The molecular formula is H4LiNO3. The van der Waals surface area contributed by atoms with Gasteiger partial charge in [-0.05, 0) is 0 Å². The Bertz CT molecular complexity index is 18.3. The fourth-order valence-corrected chi connectivity index (χ4v) is 0. The van der Waals surface area contributed by atoms with E-state index in [1.54, 1.807) is 0 Å². The van der Waals surface area contributed by atoms with Crippen molar-refractivity contribution < 1.29 is 31.0 Å². The van der Waals surface area contributed by atoms with E-state index in [0.717, 1.165) is 0 Å². The van der Waals surface area contributed by atoms with Gasteiger partial charge in [0.25, 0.3) is 0 Å². The fourth-order valence-electron chi connectivity index (χ4n) is 0. The Morgan fingerprint density at radius 3 is 1.80 bits per heavy atom. The Labute approximate surface area is 42.1 Å². The van der Waals surface area contributed by atoms with Gasteiger partial charge in [0.15, 0.2) is 5.34 Å². The maximum Gasteiger partial charge on any atom is 1.00 e. The Kier molecular flexibility index (Phi) is 153. The number of hydrogen-bond donors (Lipinski definition) is 1. The van der Waals surface area contributed by atoms with Crippen LogP contribution in [-0.4, -0.2) is 10.7 Å². The van der Waals surface area contributed by atoms with Crippen LogP contribution in [0.5, 0.6) is 0 Å². The van der Waals surface area contributed by atoms with Crippen molar-refractivity contribution in [1.29, 1.82) is 0 Å². The summed E-state index contributed by atoms with van der Waals surface area (Å²) in [4.78, 5) is 8.11. The van der Waals surface area contributed by atoms with Crippen LogP contribution in [0, 0.1) is 4.91 Å². The molecule has 0 unspecified atom stereocenters. The van der Waals surface area contributed by atoms with Crippen molar-refractivity contribution in [2.24, 2.45) is 5.34 Å². The Balaban J connectivity index is -0.00000000667. The summed E-state index contributed by atoms with van der Waals surface area (Å²) in [5.41, 5.74) is 0. The van der Waals surface area contributed by atoms with Crippen LogP contribution in [0.2, 0.25) is 0 Å². The van der Waals surface area contributed by atoms with Crippen LogP contribution in [0.15, 0.2) is 5.34 Å². The third-order valence-electron chi connectivity index (χ3n) is 0. The predicted molar refractivity (Wildman–Crippen MR) is 12.3 cm³/mol. The molecule has 0 atom stereocenters. The second kappa shape index (κ2) is 37.8. The summed E-state index contributed by atoms with van der Waals surface area (Å²) >= 11 is 0. The third kappa shape index (κ3) is 8360. The molecule has 28 valence electrons. The quantitative estimate of drug-likeness (QED) is 0.183. The van der Waals surface area contributed by atoms with Gasteiger partial charge in [0.05, 0.1) is 0 Å². The van der Waals surface area contributed by atoms with Crippen LogP contribution in [0.25, 0.3) is 0 Å². The normalized spacial score (nSPS) is 2.40. The monoisotopic (exact) mass is 73.0 g/mol. The summed E-state index contributed by atoms with van der Waals surface area (Å²) in [5, 5.41) is 7.89. The zero-order valence-electron chi connectivity index (χ0n) is 3.80. The first-order valence-corrected chi connectivity index (χ1v) is 0.383. The summed E-state index contributed by atoms with van der Waals surface area (Å²) in [5.74, 6) is 0. The third-order valence-corrected chi connectivity index (χ3v) is 0. The van der Waals surface area contributed by atoms with Crippen molar-refractivity contribution in [2.45, 2.75) is 0 Å². The van der Waals surface area contributed by atoms with Crippen molar-refractivity contribution in [3.05, 3.63) is 4.91 Å². The van der Waals surface area contributed by atoms with Crippen LogP contribution < -0.4 is 18.9 Å². The number of nitrogens with zero attached hydrogens (tertiary/aromatic N) is 1. The summed E-state index contributed by atoms with van der Waals surface area (Å²) in [7, 11) is 0. The van der Waals surface area contributed by atoms with Gasteiger partial charge in [-0.1, -0.05) is 0 Å². The smallest absolute Gasteiger partial charge is 1.00 e. The molecule has 0 aromatic heterocycles. The molecule has 0 aliphatic carbocycles. The molecule has 5 heavy (non-hydrogen) atoms. The van der Waals surface area contributed by atoms with Gasteiger partial charge in [0.1, 0.15) is 0 Å². The molecule has 0 aromatic rings. The van der Waals surface area contributed by atoms with E-state index < -0.39 is 0 Å². The topological polar surface area (TPSA) is 81.2 Å². The van der Waals surface area contributed by atoms with Gasteiger partial charge in [-0.3, -0.25) is 0 Å². The van der Waals surface area contributed by atoms with Gasteiger partial charge in [-0.2, -0.15) is 0 Å². The van der Waals surface area contributed by atoms with E-state index in [2.05, 4.69) is 0 Å². The SMILES string of the molecule is O.O=NO.[H-].[Li+]. The van der Waals surface area contributed by atoms with E-state index in [1.165, 1.54) is 5.34 Å². The van der Waals surface area contributed by atoms with Crippen LogP contribution >= 0.6 is 0 Å². The van der Waals surface area contributed by atoms with Crippen molar-refractivity contribution >= 4 is 0 Å². The summed E-state index contributed by atoms with van der Waals surface area (Å²) in [6.07, 6.45) is 0. The maximum absolute atomic E-state index is 8.11. The van der Waals surface area contributed by atoms with E-state index in [1.807, 2.05) is 0 Å². The average Bonchev–Trinajstić information content (AvgIpc) is 0.918. The van der Waals surface area contributed by atoms with Gasteiger partial charge >= 0.3 is 18.9 Å². The van der Waals surface area contributed by atoms with Crippen molar-refractivity contribution in [3.63, 3.8) is 0 Å². The molecule has 3 N–H and O–H groups in total. The summed E-state index contributed by atoms with van der Waals surface area (Å²) < 4.78 is 0. The zero-order chi connectivity index (χ0) is 2.71. The Morgan fingerprint density at radius 2 is 1.80 bits per heavy atom. The minimum atomic E-state index is 0. The molecule has 0 heterocycles. The molecule has 0 aliphatic heterocycles. The van der Waals surface area contributed by atoms with Gasteiger partial charge in [-0.25, -0.2) is 0 Å². The van der Waals surface area contributed by atoms with Crippen molar-refractivity contribution in [3.8, 4) is 0 Å². The maximum atomic E-state index is 8.11. The van der Waals surface area contributed by atoms with E-state index in [-0.39, 0.29) is 25.8 Å². The van der Waals surface area contributed by atoms with Crippen LogP contribution in [-0.2, 0) is 0 Å². The molecule has 5 heteroatoms. The molecule has 0 fully saturated rings. The molecule has 0 saturated carbocycles. The van der Waals surface area contributed by atoms with Gasteiger partial charge in [0.2, 0.25) is 0 Å². The zero-order valence-corrected chi connectivity index (χ0v) is 2.80. The van der Waals surface area contributed by atoms with Gasteiger partial charge in [-0.15, -0.1) is 4.91 Å². The number of rotatable bonds is 0. The van der Waals surface area contributed by atoms with E-state index >= 15 is 0 Å². The first kappa shape index (κ1) is 20.3. The van der Waals surface area contributed by atoms with Gasteiger partial charge < -0.3 is 12.1 Å². The molecule has 0 radical (unpaired) electrons. The molecule has 0 bridgehead atoms. The average molecular weight is 73.0 g/mol. The Hall–Kier alpha value is -0.0426. The second-order valence-corrected chi connectivity index (χ2v) is 0.0816. The minimum Gasteiger partial charge on any atom is -1.00 e. The Morgan fingerprint density at radius 1 is 1.80 bits per heavy atom.